The van der Waals surface area contributed by atoms with Crippen LogP contribution in [0.1, 0.15) is 17.5 Å². The first-order valence-electron chi connectivity index (χ1n) is 4.35. The van der Waals surface area contributed by atoms with Crippen LogP contribution >= 0.6 is 15.9 Å². The van der Waals surface area contributed by atoms with E-state index in [4.69, 9.17) is 10.8 Å². The quantitative estimate of drug-likeness (QED) is 0.802. The Bertz CT molecular complexity index is 405. The lowest BCUT2D eigenvalue weighted by Crippen LogP contribution is -2.42. The molecule has 4 heteroatoms. The van der Waals surface area contributed by atoms with Gasteiger partial charge in [0, 0.05) is 4.47 Å². The third-order valence-corrected chi connectivity index (χ3v) is 3.21. The Balaban J connectivity index is 2.55. The van der Waals surface area contributed by atoms with Gasteiger partial charge in [0.2, 0.25) is 0 Å². The molecule has 0 saturated heterocycles. The van der Waals surface area contributed by atoms with Crippen LogP contribution < -0.4 is 5.73 Å². The van der Waals surface area contributed by atoms with Gasteiger partial charge in [0.25, 0.3) is 0 Å². The van der Waals surface area contributed by atoms with E-state index in [1.54, 1.807) is 6.07 Å². The zero-order valence-electron chi connectivity index (χ0n) is 7.46. The summed E-state index contributed by atoms with van der Waals surface area (Å²) in [5.74, 6) is -0.946. The molecule has 3 N–H and O–H groups in total. The molecule has 3 nitrogen and oxygen atoms in total. The lowest BCUT2D eigenvalue weighted by atomic mass is 9.93. The van der Waals surface area contributed by atoms with Gasteiger partial charge in [-0.3, -0.25) is 0 Å². The first kappa shape index (κ1) is 9.68. The number of carboxylic acid groups (broad SMARTS) is 1. The van der Waals surface area contributed by atoms with Crippen LogP contribution in [0.25, 0.3) is 0 Å². The van der Waals surface area contributed by atoms with Crippen molar-refractivity contribution in [3.63, 3.8) is 0 Å². The predicted octanol–water partition coefficient (Wildman–Crippen LogP) is 1.63. The molecule has 2 rings (SSSR count). The summed E-state index contributed by atoms with van der Waals surface area (Å²) in [7, 11) is 0. The summed E-state index contributed by atoms with van der Waals surface area (Å²) in [6.07, 6.45) is 1.21. The first-order chi connectivity index (χ1) is 6.54. The van der Waals surface area contributed by atoms with Crippen LogP contribution in [0.5, 0.6) is 0 Å². The number of carbonyl (C=O) groups is 1. The number of rotatable bonds is 1. The third-order valence-electron chi connectivity index (χ3n) is 2.72. The summed E-state index contributed by atoms with van der Waals surface area (Å²) < 4.78 is 0.964. The SMILES string of the molecule is N[C@@]1(C(=O)O)CCc2cc(Br)ccc21. The van der Waals surface area contributed by atoms with Gasteiger partial charge in [-0.2, -0.15) is 0 Å². The lowest BCUT2D eigenvalue weighted by molar-refractivity contribution is -0.143. The van der Waals surface area contributed by atoms with Crippen LogP contribution in [0.4, 0.5) is 0 Å². The Morgan fingerprint density at radius 3 is 2.93 bits per heavy atom. The van der Waals surface area contributed by atoms with E-state index in [1.165, 1.54) is 0 Å². The van der Waals surface area contributed by atoms with Crippen molar-refractivity contribution < 1.29 is 9.90 Å². The third kappa shape index (κ3) is 1.26. The smallest absolute Gasteiger partial charge is 0.328 e. The van der Waals surface area contributed by atoms with Gasteiger partial charge >= 0.3 is 5.97 Å². The molecule has 0 saturated carbocycles. The van der Waals surface area contributed by atoms with Gasteiger partial charge in [-0.25, -0.2) is 4.79 Å². The van der Waals surface area contributed by atoms with Gasteiger partial charge in [0.1, 0.15) is 5.54 Å². The summed E-state index contributed by atoms with van der Waals surface area (Å²) in [5.41, 5.74) is 6.44. The normalized spacial score (nSPS) is 24.7. The number of carboxylic acids is 1. The molecule has 0 amide bonds. The summed E-state index contributed by atoms with van der Waals surface area (Å²) >= 11 is 3.35. The Kier molecular flexibility index (Phi) is 2.12. The number of hydrogen-bond acceptors (Lipinski definition) is 2. The second-order valence-electron chi connectivity index (χ2n) is 3.58. The molecule has 0 aromatic heterocycles. The van der Waals surface area contributed by atoms with Crippen LogP contribution in [0.15, 0.2) is 22.7 Å². The molecule has 0 bridgehead atoms. The maximum absolute atomic E-state index is 11.0. The van der Waals surface area contributed by atoms with Crippen molar-refractivity contribution in [2.75, 3.05) is 0 Å². The Hall–Kier alpha value is -0.870. The standard InChI is InChI=1S/C10H10BrNO2/c11-7-1-2-8-6(5-7)3-4-10(8,12)9(13)14/h1-2,5H,3-4,12H2,(H,13,14)/t10-/m0/s1. The summed E-state index contributed by atoms with van der Waals surface area (Å²) in [6.45, 7) is 0. The van der Waals surface area contributed by atoms with E-state index < -0.39 is 11.5 Å². The monoisotopic (exact) mass is 255 g/mol. The highest BCUT2D eigenvalue weighted by Gasteiger charge is 2.41. The molecular formula is C10H10BrNO2. The van der Waals surface area contributed by atoms with E-state index in [-0.39, 0.29) is 0 Å². The van der Waals surface area contributed by atoms with Gasteiger partial charge in [0.15, 0.2) is 0 Å². The molecule has 1 aromatic rings. The molecule has 0 fully saturated rings. The first-order valence-corrected chi connectivity index (χ1v) is 5.14. The summed E-state index contributed by atoms with van der Waals surface area (Å²) in [4.78, 5) is 11.0. The van der Waals surface area contributed by atoms with Crippen LogP contribution in [0.2, 0.25) is 0 Å². The van der Waals surface area contributed by atoms with Crippen LogP contribution in [-0.2, 0) is 16.8 Å². The van der Waals surface area contributed by atoms with Crippen LogP contribution in [-0.4, -0.2) is 11.1 Å². The van der Waals surface area contributed by atoms with Crippen LogP contribution in [0.3, 0.4) is 0 Å². The topological polar surface area (TPSA) is 63.3 Å². The minimum atomic E-state index is -1.18. The number of fused-ring (bicyclic) bond motifs is 1. The predicted molar refractivity (Wildman–Crippen MR) is 56.0 cm³/mol. The fourth-order valence-corrected chi connectivity index (χ4v) is 2.30. The fourth-order valence-electron chi connectivity index (χ4n) is 1.89. The Labute approximate surface area is 90.0 Å². The van der Waals surface area contributed by atoms with Crippen molar-refractivity contribution in [3.8, 4) is 0 Å². The van der Waals surface area contributed by atoms with Gasteiger partial charge in [-0.15, -0.1) is 0 Å². The molecule has 1 aliphatic rings. The van der Waals surface area contributed by atoms with Gasteiger partial charge in [-0.1, -0.05) is 22.0 Å². The van der Waals surface area contributed by atoms with E-state index >= 15 is 0 Å². The second-order valence-corrected chi connectivity index (χ2v) is 4.49. The van der Waals surface area contributed by atoms with E-state index in [0.717, 1.165) is 22.0 Å². The van der Waals surface area contributed by atoms with Gasteiger partial charge in [0.05, 0.1) is 0 Å². The average molecular weight is 256 g/mol. The molecule has 0 unspecified atom stereocenters. The van der Waals surface area contributed by atoms with E-state index in [9.17, 15) is 4.79 Å². The van der Waals surface area contributed by atoms with E-state index in [0.29, 0.717) is 6.42 Å². The van der Waals surface area contributed by atoms with E-state index in [1.807, 2.05) is 12.1 Å². The number of aliphatic carboxylic acids is 1. The lowest BCUT2D eigenvalue weighted by Gasteiger charge is -2.19. The average Bonchev–Trinajstić information content (AvgIpc) is 2.45. The molecule has 0 radical (unpaired) electrons. The molecular weight excluding hydrogens is 246 g/mol. The molecule has 14 heavy (non-hydrogen) atoms. The maximum Gasteiger partial charge on any atom is 0.328 e. The highest BCUT2D eigenvalue weighted by Crippen LogP contribution is 2.36. The molecule has 74 valence electrons. The number of nitrogens with two attached hydrogens (primary N) is 1. The van der Waals surface area contributed by atoms with Crippen LogP contribution in [0, 0.1) is 0 Å². The fraction of sp³-hybridized carbons (Fsp3) is 0.300. The highest BCUT2D eigenvalue weighted by atomic mass is 79.9. The van der Waals surface area contributed by atoms with Gasteiger partial charge < -0.3 is 10.8 Å². The largest absolute Gasteiger partial charge is 0.480 e. The summed E-state index contributed by atoms with van der Waals surface area (Å²) in [5, 5.41) is 9.05. The Morgan fingerprint density at radius 1 is 1.57 bits per heavy atom. The van der Waals surface area contributed by atoms with Crippen molar-refractivity contribution in [3.05, 3.63) is 33.8 Å². The maximum atomic E-state index is 11.0. The zero-order chi connectivity index (χ0) is 10.3. The number of aryl methyl sites for hydroxylation is 1. The van der Waals surface area contributed by atoms with Crippen molar-refractivity contribution in [2.24, 2.45) is 5.73 Å². The molecule has 1 aliphatic carbocycles. The van der Waals surface area contributed by atoms with Crippen molar-refractivity contribution in [1.29, 1.82) is 0 Å². The number of benzene rings is 1. The molecule has 0 aliphatic heterocycles. The van der Waals surface area contributed by atoms with Gasteiger partial charge in [-0.05, 0) is 36.1 Å². The minimum Gasteiger partial charge on any atom is -0.480 e. The van der Waals surface area contributed by atoms with Crippen molar-refractivity contribution in [2.45, 2.75) is 18.4 Å². The minimum absolute atomic E-state index is 0.480. The Morgan fingerprint density at radius 2 is 2.29 bits per heavy atom. The molecule has 0 spiro atoms. The van der Waals surface area contributed by atoms with Crippen molar-refractivity contribution in [1.82, 2.24) is 0 Å². The molecule has 1 atom stereocenters. The van der Waals surface area contributed by atoms with Crippen molar-refractivity contribution >= 4 is 21.9 Å². The summed E-state index contributed by atoms with van der Waals surface area (Å²) in [6, 6.07) is 5.56. The number of hydrogen-bond donors (Lipinski definition) is 2. The highest BCUT2D eigenvalue weighted by molar-refractivity contribution is 9.10. The molecule has 1 aromatic carbocycles. The second kappa shape index (κ2) is 3.07. The zero-order valence-corrected chi connectivity index (χ0v) is 9.04. The number of halogens is 1. The van der Waals surface area contributed by atoms with E-state index in [2.05, 4.69) is 15.9 Å². The molecule has 0 heterocycles.